The summed E-state index contributed by atoms with van der Waals surface area (Å²) in [7, 11) is 3.14. The summed E-state index contributed by atoms with van der Waals surface area (Å²) in [5.74, 6) is 0.823. The minimum Gasteiger partial charge on any atom is -0.493 e. The lowest BCUT2D eigenvalue weighted by Crippen LogP contribution is -2.27. The highest BCUT2D eigenvalue weighted by Gasteiger charge is 2.09. The maximum Gasteiger partial charge on any atom is 0.263 e. The van der Waals surface area contributed by atoms with Crippen LogP contribution in [0.4, 0.5) is 5.69 Å². The molecule has 27 heavy (non-hydrogen) atoms. The summed E-state index contributed by atoms with van der Waals surface area (Å²) >= 11 is 5.90. The van der Waals surface area contributed by atoms with Gasteiger partial charge in [-0.15, -0.1) is 0 Å². The van der Waals surface area contributed by atoms with E-state index in [4.69, 9.17) is 21.1 Å². The summed E-state index contributed by atoms with van der Waals surface area (Å²) in [5.41, 5.74) is 1.64. The number of anilines is 1. The molecule has 0 fully saturated rings. The zero-order valence-electron chi connectivity index (χ0n) is 15.1. The quantitative estimate of drug-likeness (QED) is 0.536. The lowest BCUT2D eigenvalue weighted by Gasteiger charge is -2.10. The maximum absolute atomic E-state index is 12.2. The maximum atomic E-state index is 12.2. The topological polar surface area (TPSA) is 83.4 Å². The number of methoxy groups -OCH3 is 2. The van der Waals surface area contributed by atoms with Gasteiger partial charge in [0.15, 0.2) is 11.5 Å². The van der Waals surface area contributed by atoms with Gasteiger partial charge in [-0.25, -0.2) is 0 Å². The van der Waals surface area contributed by atoms with Gasteiger partial charge in [-0.3, -0.25) is 4.79 Å². The van der Waals surface area contributed by atoms with Crippen LogP contribution in [-0.2, 0) is 11.2 Å². The first-order valence-electron chi connectivity index (χ1n) is 8.19. The van der Waals surface area contributed by atoms with Crippen molar-refractivity contribution in [3.63, 3.8) is 0 Å². The van der Waals surface area contributed by atoms with Crippen LogP contribution in [0.2, 0.25) is 5.02 Å². The van der Waals surface area contributed by atoms with E-state index in [-0.39, 0.29) is 5.57 Å². The van der Waals surface area contributed by atoms with Crippen molar-refractivity contribution in [3.8, 4) is 17.6 Å². The van der Waals surface area contributed by atoms with Crippen molar-refractivity contribution in [2.24, 2.45) is 0 Å². The Bertz CT molecular complexity index is 875. The highest BCUT2D eigenvalue weighted by molar-refractivity contribution is 6.30. The minimum atomic E-state index is -0.451. The second-order valence-corrected chi connectivity index (χ2v) is 5.96. The number of ether oxygens (including phenoxy) is 2. The van der Waals surface area contributed by atoms with Crippen molar-refractivity contribution in [2.45, 2.75) is 6.42 Å². The van der Waals surface area contributed by atoms with Crippen LogP contribution in [0.5, 0.6) is 11.5 Å². The molecule has 0 saturated carbocycles. The number of nitrogens with one attached hydrogen (secondary N) is 2. The Morgan fingerprint density at radius 3 is 2.63 bits per heavy atom. The number of hydrogen-bond acceptors (Lipinski definition) is 5. The number of carbonyl (C=O) groups is 1. The fourth-order valence-electron chi connectivity index (χ4n) is 2.33. The molecule has 7 heteroatoms. The second kappa shape index (κ2) is 10.1. The predicted octanol–water partition coefficient (Wildman–Crippen LogP) is 3.54. The molecule has 0 aliphatic rings. The van der Waals surface area contributed by atoms with E-state index in [9.17, 15) is 10.1 Å². The summed E-state index contributed by atoms with van der Waals surface area (Å²) in [6.07, 6.45) is 1.95. The Morgan fingerprint density at radius 2 is 1.96 bits per heavy atom. The molecule has 6 nitrogen and oxygen atoms in total. The first-order chi connectivity index (χ1) is 13.1. The summed E-state index contributed by atoms with van der Waals surface area (Å²) in [5, 5.41) is 15.4. The van der Waals surface area contributed by atoms with E-state index in [1.54, 1.807) is 38.5 Å². The van der Waals surface area contributed by atoms with Crippen molar-refractivity contribution < 1.29 is 14.3 Å². The lowest BCUT2D eigenvalue weighted by atomic mass is 10.1. The van der Waals surface area contributed by atoms with Crippen molar-refractivity contribution in [3.05, 3.63) is 64.8 Å². The SMILES string of the molecule is COc1ccc(CCNC(=O)/C(C#N)=C\Nc2cccc(Cl)c2)cc1OC. The number of carbonyl (C=O) groups excluding carboxylic acids is 1. The average Bonchev–Trinajstić information content (AvgIpc) is 2.68. The minimum absolute atomic E-state index is 0.0257. The molecule has 2 aromatic carbocycles. The molecular weight excluding hydrogens is 366 g/mol. The summed E-state index contributed by atoms with van der Waals surface area (Å²) in [6, 6.07) is 14.4. The molecule has 0 bridgehead atoms. The summed E-state index contributed by atoms with van der Waals surface area (Å²) in [4.78, 5) is 12.2. The second-order valence-electron chi connectivity index (χ2n) is 5.52. The molecule has 0 radical (unpaired) electrons. The van der Waals surface area contributed by atoms with Crippen LogP contribution in [-0.4, -0.2) is 26.7 Å². The van der Waals surface area contributed by atoms with E-state index >= 15 is 0 Å². The van der Waals surface area contributed by atoms with Crippen molar-refractivity contribution in [1.82, 2.24) is 5.32 Å². The predicted molar refractivity (Wildman–Crippen MR) is 105 cm³/mol. The lowest BCUT2D eigenvalue weighted by molar-refractivity contribution is -0.117. The zero-order chi connectivity index (χ0) is 19.6. The molecular formula is C20H20ClN3O3. The van der Waals surface area contributed by atoms with Gasteiger partial charge < -0.3 is 20.1 Å². The monoisotopic (exact) mass is 385 g/mol. The van der Waals surface area contributed by atoms with Crippen LogP contribution < -0.4 is 20.1 Å². The fraction of sp³-hybridized carbons (Fsp3) is 0.200. The third-order valence-corrected chi connectivity index (χ3v) is 3.96. The normalized spacial score (nSPS) is 10.7. The van der Waals surface area contributed by atoms with E-state index in [1.807, 2.05) is 24.3 Å². The molecule has 0 aliphatic carbocycles. The van der Waals surface area contributed by atoms with Gasteiger partial charge in [-0.05, 0) is 42.3 Å². The number of amides is 1. The highest BCUT2D eigenvalue weighted by atomic mass is 35.5. The number of hydrogen-bond donors (Lipinski definition) is 2. The van der Waals surface area contributed by atoms with Gasteiger partial charge in [0.05, 0.1) is 14.2 Å². The van der Waals surface area contributed by atoms with Crippen LogP contribution in [0.15, 0.2) is 54.2 Å². The van der Waals surface area contributed by atoms with E-state index in [0.29, 0.717) is 35.2 Å². The van der Waals surface area contributed by atoms with Crippen molar-refractivity contribution in [1.29, 1.82) is 5.26 Å². The van der Waals surface area contributed by atoms with Gasteiger partial charge >= 0.3 is 0 Å². The Labute approximate surface area is 163 Å². The standard InChI is InChI=1S/C20H20ClN3O3/c1-26-18-7-6-14(10-19(18)27-2)8-9-23-20(25)15(12-22)13-24-17-5-3-4-16(21)11-17/h3-7,10-11,13,24H,8-9H2,1-2H3,(H,23,25)/b15-13-. The fourth-order valence-corrected chi connectivity index (χ4v) is 2.52. The largest absolute Gasteiger partial charge is 0.493 e. The number of rotatable bonds is 8. The molecule has 0 heterocycles. The van der Waals surface area contributed by atoms with Crippen molar-refractivity contribution >= 4 is 23.2 Å². The molecule has 1 amide bonds. The van der Waals surface area contributed by atoms with Gasteiger partial charge in [0.2, 0.25) is 0 Å². The number of benzene rings is 2. The van der Waals surface area contributed by atoms with Gasteiger partial charge in [0.25, 0.3) is 5.91 Å². The van der Waals surface area contributed by atoms with Gasteiger partial charge in [-0.2, -0.15) is 5.26 Å². The zero-order valence-corrected chi connectivity index (χ0v) is 15.8. The first kappa shape index (κ1) is 20.1. The third-order valence-electron chi connectivity index (χ3n) is 3.72. The van der Waals surface area contributed by atoms with Crippen LogP contribution in [0.1, 0.15) is 5.56 Å². The van der Waals surface area contributed by atoms with Crippen LogP contribution in [0, 0.1) is 11.3 Å². The van der Waals surface area contributed by atoms with E-state index in [2.05, 4.69) is 10.6 Å². The Morgan fingerprint density at radius 1 is 1.19 bits per heavy atom. The van der Waals surface area contributed by atoms with Crippen LogP contribution >= 0.6 is 11.6 Å². The van der Waals surface area contributed by atoms with E-state index in [1.165, 1.54) is 6.20 Å². The third kappa shape index (κ3) is 5.94. The van der Waals surface area contributed by atoms with E-state index in [0.717, 1.165) is 5.56 Å². The van der Waals surface area contributed by atoms with Gasteiger partial charge in [0, 0.05) is 23.5 Å². The Hall–Kier alpha value is -3.17. The van der Waals surface area contributed by atoms with Crippen LogP contribution in [0.3, 0.4) is 0 Å². The Kier molecular flexibility index (Phi) is 7.53. The summed E-state index contributed by atoms with van der Waals surface area (Å²) < 4.78 is 10.5. The number of nitriles is 1. The first-order valence-corrected chi connectivity index (χ1v) is 8.56. The molecule has 140 valence electrons. The van der Waals surface area contributed by atoms with Gasteiger partial charge in [-0.1, -0.05) is 23.7 Å². The Balaban J connectivity index is 1.91. The molecule has 0 unspecified atom stereocenters. The van der Waals surface area contributed by atoms with Crippen LogP contribution in [0.25, 0.3) is 0 Å². The highest BCUT2D eigenvalue weighted by Crippen LogP contribution is 2.27. The molecule has 0 spiro atoms. The number of nitrogens with zero attached hydrogens (tertiary/aromatic N) is 1. The molecule has 0 saturated heterocycles. The molecule has 2 aromatic rings. The molecule has 2 N–H and O–H groups in total. The number of halogens is 1. The average molecular weight is 386 g/mol. The van der Waals surface area contributed by atoms with E-state index < -0.39 is 5.91 Å². The molecule has 0 atom stereocenters. The molecule has 0 aromatic heterocycles. The van der Waals surface area contributed by atoms with Crippen molar-refractivity contribution in [2.75, 3.05) is 26.1 Å². The molecule has 2 rings (SSSR count). The van der Waals surface area contributed by atoms with Gasteiger partial charge in [0.1, 0.15) is 11.6 Å². The smallest absolute Gasteiger partial charge is 0.263 e. The molecule has 0 aliphatic heterocycles. The summed E-state index contributed by atoms with van der Waals surface area (Å²) in [6.45, 7) is 0.379.